The highest BCUT2D eigenvalue weighted by molar-refractivity contribution is 5.69. The molecule has 18 heavy (non-hydrogen) atoms. The van der Waals surface area contributed by atoms with Gasteiger partial charge in [-0.1, -0.05) is 24.3 Å². The SMILES string of the molecule is COc1cccn2c(-c3ccccc3C)ncc12. The molecule has 0 N–H and O–H groups in total. The van der Waals surface area contributed by atoms with Crippen molar-refractivity contribution in [2.45, 2.75) is 6.92 Å². The van der Waals surface area contributed by atoms with Crippen LogP contribution >= 0.6 is 0 Å². The molecule has 2 aromatic heterocycles. The van der Waals surface area contributed by atoms with Crippen LogP contribution in [-0.4, -0.2) is 16.5 Å². The number of ether oxygens (including phenoxy) is 1. The molecular formula is C15H14N2O. The molecule has 3 heteroatoms. The minimum Gasteiger partial charge on any atom is -0.494 e. The Bertz CT molecular complexity index is 701. The van der Waals surface area contributed by atoms with Crippen LogP contribution in [0.2, 0.25) is 0 Å². The van der Waals surface area contributed by atoms with E-state index >= 15 is 0 Å². The van der Waals surface area contributed by atoms with Crippen molar-refractivity contribution in [1.29, 1.82) is 0 Å². The Hall–Kier alpha value is -2.29. The van der Waals surface area contributed by atoms with E-state index in [0.29, 0.717) is 0 Å². The molecular weight excluding hydrogens is 224 g/mol. The summed E-state index contributed by atoms with van der Waals surface area (Å²) < 4.78 is 7.40. The fraction of sp³-hybridized carbons (Fsp3) is 0.133. The van der Waals surface area contributed by atoms with Crippen LogP contribution in [0.4, 0.5) is 0 Å². The third-order valence-electron chi connectivity index (χ3n) is 3.14. The average molecular weight is 238 g/mol. The van der Waals surface area contributed by atoms with Crippen LogP contribution in [0.15, 0.2) is 48.8 Å². The van der Waals surface area contributed by atoms with Gasteiger partial charge in [-0.25, -0.2) is 4.98 Å². The zero-order chi connectivity index (χ0) is 12.5. The summed E-state index contributed by atoms with van der Waals surface area (Å²) in [5.74, 6) is 1.78. The maximum atomic E-state index is 5.35. The molecule has 2 heterocycles. The number of aryl methyl sites for hydroxylation is 1. The van der Waals surface area contributed by atoms with Gasteiger partial charge in [-0.05, 0) is 24.6 Å². The lowest BCUT2D eigenvalue weighted by atomic mass is 10.1. The van der Waals surface area contributed by atoms with Crippen molar-refractivity contribution >= 4 is 5.52 Å². The Kier molecular flexibility index (Phi) is 2.52. The van der Waals surface area contributed by atoms with E-state index in [-0.39, 0.29) is 0 Å². The molecule has 0 bridgehead atoms. The summed E-state index contributed by atoms with van der Waals surface area (Å²) in [6.45, 7) is 2.09. The molecule has 3 rings (SSSR count). The molecule has 0 spiro atoms. The maximum Gasteiger partial charge on any atom is 0.144 e. The first kappa shape index (κ1) is 10.8. The van der Waals surface area contributed by atoms with E-state index in [2.05, 4.69) is 28.4 Å². The molecule has 0 aliphatic rings. The van der Waals surface area contributed by atoms with Crippen LogP contribution in [-0.2, 0) is 0 Å². The molecule has 0 radical (unpaired) electrons. The first-order chi connectivity index (χ1) is 8.81. The van der Waals surface area contributed by atoms with Crippen molar-refractivity contribution in [2.75, 3.05) is 7.11 Å². The normalized spacial score (nSPS) is 10.8. The molecule has 0 saturated heterocycles. The predicted molar refractivity (Wildman–Crippen MR) is 71.9 cm³/mol. The monoisotopic (exact) mass is 238 g/mol. The Balaban J connectivity index is 2.29. The fourth-order valence-corrected chi connectivity index (χ4v) is 2.19. The summed E-state index contributed by atoms with van der Waals surface area (Å²) in [6, 6.07) is 12.2. The number of fused-ring (bicyclic) bond motifs is 1. The van der Waals surface area contributed by atoms with Gasteiger partial charge in [-0.15, -0.1) is 0 Å². The number of methoxy groups -OCH3 is 1. The van der Waals surface area contributed by atoms with Crippen LogP contribution in [0.25, 0.3) is 16.9 Å². The fourth-order valence-electron chi connectivity index (χ4n) is 2.19. The van der Waals surface area contributed by atoms with Crippen molar-refractivity contribution < 1.29 is 4.74 Å². The van der Waals surface area contributed by atoms with Crippen molar-refractivity contribution in [3.05, 3.63) is 54.4 Å². The summed E-state index contributed by atoms with van der Waals surface area (Å²) in [7, 11) is 1.68. The van der Waals surface area contributed by atoms with Crippen LogP contribution < -0.4 is 4.74 Å². The number of nitrogens with zero attached hydrogens (tertiary/aromatic N) is 2. The van der Waals surface area contributed by atoms with E-state index in [9.17, 15) is 0 Å². The van der Waals surface area contributed by atoms with Crippen molar-refractivity contribution in [3.8, 4) is 17.1 Å². The van der Waals surface area contributed by atoms with Gasteiger partial charge in [0.1, 0.15) is 17.1 Å². The summed E-state index contributed by atoms with van der Waals surface area (Å²) in [6.07, 6.45) is 3.85. The van der Waals surface area contributed by atoms with Gasteiger partial charge in [-0.2, -0.15) is 0 Å². The number of rotatable bonds is 2. The van der Waals surface area contributed by atoms with Crippen LogP contribution in [0.3, 0.4) is 0 Å². The second-order valence-corrected chi connectivity index (χ2v) is 4.23. The van der Waals surface area contributed by atoms with E-state index < -0.39 is 0 Å². The second kappa shape index (κ2) is 4.18. The average Bonchev–Trinajstić information content (AvgIpc) is 2.83. The second-order valence-electron chi connectivity index (χ2n) is 4.23. The van der Waals surface area contributed by atoms with Gasteiger partial charge in [0.05, 0.1) is 13.3 Å². The van der Waals surface area contributed by atoms with Crippen molar-refractivity contribution in [3.63, 3.8) is 0 Å². The molecule has 3 aromatic rings. The number of aromatic nitrogens is 2. The number of hydrogen-bond donors (Lipinski definition) is 0. The van der Waals surface area contributed by atoms with Crippen LogP contribution in [0, 0.1) is 6.92 Å². The van der Waals surface area contributed by atoms with E-state index in [1.165, 1.54) is 5.56 Å². The van der Waals surface area contributed by atoms with Gasteiger partial charge in [0, 0.05) is 11.8 Å². The minimum atomic E-state index is 0.838. The largest absolute Gasteiger partial charge is 0.494 e. The Labute approximate surface area is 106 Å². The molecule has 0 fully saturated rings. The van der Waals surface area contributed by atoms with E-state index in [0.717, 1.165) is 22.7 Å². The molecule has 90 valence electrons. The lowest BCUT2D eigenvalue weighted by Crippen LogP contribution is -1.93. The molecule has 0 amide bonds. The Morgan fingerprint density at radius 1 is 1.11 bits per heavy atom. The lowest BCUT2D eigenvalue weighted by Gasteiger charge is -2.06. The lowest BCUT2D eigenvalue weighted by molar-refractivity contribution is 0.418. The maximum absolute atomic E-state index is 5.35. The molecule has 3 nitrogen and oxygen atoms in total. The third kappa shape index (κ3) is 1.56. The van der Waals surface area contributed by atoms with Crippen molar-refractivity contribution in [1.82, 2.24) is 9.38 Å². The molecule has 0 saturated carbocycles. The standard InChI is InChI=1S/C15H14N2O/c1-11-6-3-4-7-12(11)15-16-10-13-14(18-2)8-5-9-17(13)15/h3-10H,1-2H3. The van der Waals surface area contributed by atoms with Gasteiger partial charge in [0.25, 0.3) is 0 Å². The van der Waals surface area contributed by atoms with Gasteiger partial charge < -0.3 is 4.74 Å². The van der Waals surface area contributed by atoms with E-state index in [1.807, 2.05) is 36.7 Å². The topological polar surface area (TPSA) is 26.5 Å². The van der Waals surface area contributed by atoms with Gasteiger partial charge in [0.2, 0.25) is 0 Å². The molecule has 0 aliphatic heterocycles. The van der Waals surface area contributed by atoms with Crippen LogP contribution in [0.5, 0.6) is 5.75 Å². The highest BCUT2D eigenvalue weighted by Gasteiger charge is 2.10. The summed E-state index contributed by atoms with van der Waals surface area (Å²) in [5, 5.41) is 0. The van der Waals surface area contributed by atoms with E-state index in [4.69, 9.17) is 4.74 Å². The summed E-state index contributed by atoms with van der Waals surface area (Å²) in [5.41, 5.74) is 3.34. The molecule has 0 aliphatic carbocycles. The molecule has 0 atom stereocenters. The minimum absolute atomic E-state index is 0.838. The number of benzene rings is 1. The first-order valence-corrected chi connectivity index (χ1v) is 5.87. The summed E-state index contributed by atoms with van der Waals surface area (Å²) in [4.78, 5) is 4.52. The Morgan fingerprint density at radius 3 is 2.72 bits per heavy atom. The van der Waals surface area contributed by atoms with Gasteiger partial charge in [-0.3, -0.25) is 4.40 Å². The third-order valence-corrected chi connectivity index (χ3v) is 3.14. The number of pyridine rings is 1. The number of imidazole rings is 1. The smallest absolute Gasteiger partial charge is 0.144 e. The Morgan fingerprint density at radius 2 is 1.94 bits per heavy atom. The van der Waals surface area contributed by atoms with Crippen molar-refractivity contribution in [2.24, 2.45) is 0 Å². The summed E-state index contributed by atoms with van der Waals surface area (Å²) >= 11 is 0. The number of hydrogen-bond acceptors (Lipinski definition) is 2. The molecule has 1 aromatic carbocycles. The van der Waals surface area contributed by atoms with Crippen LogP contribution in [0.1, 0.15) is 5.56 Å². The van der Waals surface area contributed by atoms with E-state index in [1.54, 1.807) is 7.11 Å². The first-order valence-electron chi connectivity index (χ1n) is 5.87. The quantitative estimate of drug-likeness (QED) is 0.684. The zero-order valence-corrected chi connectivity index (χ0v) is 10.4. The molecule has 0 unspecified atom stereocenters. The highest BCUT2D eigenvalue weighted by Crippen LogP contribution is 2.27. The predicted octanol–water partition coefficient (Wildman–Crippen LogP) is 3.32. The van der Waals surface area contributed by atoms with Gasteiger partial charge in [0.15, 0.2) is 0 Å². The zero-order valence-electron chi connectivity index (χ0n) is 10.4. The van der Waals surface area contributed by atoms with Gasteiger partial charge >= 0.3 is 0 Å². The highest BCUT2D eigenvalue weighted by atomic mass is 16.5.